The van der Waals surface area contributed by atoms with E-state index < -0.39 is 0 Å². The van der Waals surface area contributed by atoms with Gasteiger partial charge in [0.2, 0.25) is 0 Å². The van der Waals surface area contributed by atoms with Gasteiger partial charge >= 0.3 is 5.97 Å². The molecule has 0 saturated heterocycles. The van der Waals surface area contributed by atoms with E-state index in [-0.39, 0.29) is 10.3 Å². The van der Waals surface area contributed by atoms with E-state index in [1.807, 2.05) is 0 Å². The van der Waals surface area contributed by atoms with Gasteiger partial charge in [0.15, 0.2) is 0 Å². The Balaban J connectivity index is 2.46. The van der Waals surface area contributed by atoms with Crippen LogP contribution in [0, 0.1) is 0 Å². The van der Waals surface area contributed by atoms with Crippen molar-refractivity contribution in [2.45, 2.75) is 17.2 Å². The van der Waals surface area contributed by atoms with Crippen LogP contribution in [-0.4, -0.2) is 17.4 Å². The lowest BCUT2D eigenvalue weighted by atomic mass is 10.4. The van der Waals surface area contributed by atoms with Crippen LogP contribution in [0.2, 0.25) is 0 Å². The first kappa shape index (κ1) is 6.08. The Hall–Kier alpha value is -0.0500. The molecule has 0 N–H and O–H groups in total. The van der Waals surface area contributed by atoms with Crippen LogP contribution in [0.1, 0.15) is 12.8 Å². The topological polar surface area (TPSA) is 26.3 Å². The third-order valence-corrected chi connectivity index (χ3v) is 2.36. The van der Waals surface area contributed by atoms with E-state index >= 15 is 0 Å². The second-order valence-corrected chi connectivity index (χ2v) is 3.47. The van der Waals surface area contributed by atoms with Crippen LogP contribution in [0.3, 0.4) is 0 Å². The number of methoxy groups -OCH3 is 1. The Kier molecular flexibility index (Phi) is 1.31. The smallest absolute Gasteiger partial charge is 0.322 e. The van der Waals surface area contributed by atoms with Crippen LogP contribution in [0.5, 0.6) is 0 Å². The summed E-state index contributed by atoms with van der Waals surface area (Å²) in [6.07, 6.45) is 1.83. The minimum absolute atomic E-state index is 0.141. The van der Waals surface area contributed by atoms with Gasteiger partial charge in [-0.1, -0.05) is 15.9 Å². The zero-order chi connectivity index (χ0) is 6.20. The molecule has 0 aromatic rings. The largest absolute Gasteiger partial charge is 0.468 e. The molecule has 0 spiro atoms. The van der Waals surface area contributed by atoms with E-state index in [0.29, 0.717) is 0 Å². The molecule has 0 amide bonds. The molecule has 1 rings (SSSR count). The van der Waals surface area contributed by atoms with E-state index in [0.717, 1.165) is 12.8 Å². The highest BCUT2D eigenvalue weighted by molar-refractivity contribution is 9.10. The van der Waals surface area contributed by atoms with Gasteiger partial charge in [-0.2, -0.15) is 0 Å². The normalized spacial score (nSPS) is 22.2. The molecule has 3 heteroatoms. The van der Waals surface area contributed by atoms with Gasteiger partial charge in [0.05, 0.1) is 7.11 Å². The monoisotopic (exact) mass is 178 g/mol. The molecule has 0 radical (unpaired) electrons. The van der Waals surface area contributed by atoms with E-state index in [9.17, 15) is 4.79 Å². The number of hydrogen-bond acceptors (Lipinski definition) is 2. The summed E-state index contributed by atoms with van der Waals surface area (Å²) in [5, 5.41) is 0. The van der Waals surface area contributed by atoms with Gasteiger partial charge in [-0.25, -0.2) is 0 Å². The molecule has 1 aliphatic rings. The van der Waals surface area contributed by atoms with Gasteiger partial charge in [0, 0.05) is 0 Å². The first-order valence-corrected chi connectivity index (χ1v) is 3.26. The second-order valence-electron chi connectivity index (χ2n) is 1.96. The number of carbonyl (C=O) groups is 1. The molecule has 0 atom stereocenters. The van der Waals surface area contributed by atoms with Crippen molar-refractivity contribution < 1.29 is 9.53 Å². The predicted octanol–water partition coefficient (Wildman–Crippen LogP) is 1.09. The molecular formula is C5H7BrO2. The Morgan fingerprint density at radius 2 is 2.25 bits per heavy atom. The van der Waals surface area contributed by atoms with Crippen molar-refractivity contribution in [2.24, 2.45) is 0 Å². The Morgan fingerprint density at radius 1 is 1.75 bits per heavy atom. The van der Waals surface area contributed by atoms with Crippen LogP contribution < -0.4 is 0 Å². The number of ether oxygens (including phenoxy) is 1. The number of halogens is 1. The first-order chi connectivity index (χ1) is 3.69. The zero-order valence-corrected chi connectivity index (χ0v) is 6.19. The van der Waals surface area contributed by atoms with E-state index in [1.54, 1.807) is 0 Å². The van der Waals surface area contributed by atoms with Crippen LogP contribution in [0.25, 0.3) is 0 Å². The predicted molar refractivity (Wildman–Crippen MR) is 32.9 cm³/mol. The fourth-order valence-electron chi connectivity index (χ4n) is 0.497. The molecule has 1 saturated carbocycles. The van der Waals surface area contributed by atoms with Crippen molar-refractivity contribution in [3.63, 3.8) is 0 Å². The highest BCUT2D eigenvalue weighted by Crippen LogP contribution is 2.45. The lowest BCUT2D eigenvalue weighted by molar-refractivity contribution is -0.140. The molecule has 8 heavy (non-hydrogen) atoms. The van der Waals surface area contributed by atoms with Crippen molar-refractivity contribution in [2.75, 3.05) is 7.11 Å². The van der Waals surface area contributed by atoms with Gasteiger partial charge in [-0.05, 0) is 12.8 Å². The van der Waals surface area contributed by atoms with E-state index in [1.165, 1.54) is 7.11 Å². The summed E-state index contributed by atoms with van der Waals surface area (Å²) >= 11 is 3.24. The summed E-state index contributed by atoms with van der Waals surface area (Å²) in [5.41, 5.74) is 0. The quantitative estimate of drug-likeness (QED) is 0.444. The molecule has 2 nitrogen and oxygen atoms in total. The zero-order valence-electron chi connectivity index (χ0n) is 4.61. The van der Waals surface area contributed by atoms with Crippen LogP contribution in [-0.2, 0) is 9.53 Å². The minimum Gasteiger partial charge on any atom is -0.468 e. The molecule has 0 aliphatic heterocycles. The summed E-state index contributed by atoms with van der Waals surface area (Å²) in [4.78, 5) is 10.6. The van der Waals surface area contributed by atoms with Crippen molar-refractivity contribution in [3.8, 4) is 0 Å². The Morgan fingerprint density at radius 3 is 2.38 bits per heavy atom. The third-order valence-electron chi connectivity index (χ3n) is 1.24. The van der Waals surface area contributed by atoms with Crippen LogP contribution >= 0.6 is 15.9 Å². The summed E-state index contributed by atoms with van der Waals surface area (Å²) in [6.45, 7) is 0. The standard InChI is InChI=1S/C5H7BrO2/c1-8-4(7)5(6)2-3-5/h2-3H2,1H3. The molecule has 0 bridgehead atoms. The van der Waals surface area contributed by atoms with Crippen molar-refractivity contribution >= 4 is 21.9 Å². The lowest BCUT2D eigenvalue weighted by Gasteiger charge is -2.00. The van der Waals surface area contributed by atoms with Gasteiger partial charge < -0.3 is 4.74 Å². The SMILES string of the molecule is COC(=O)C1(Br)CC1. The van der Waals surface area contributed by atoms with Crippen molar-refractivity contribution in [3.05, 3.63) is 0 Å². The molecular weight excluding hydrogens is 172 g/mol. The third kappa shape index (κ3) is 0.869. The summed E-state index contributed by atoms with van der Waals surface area (Å²) in [7, 11) is 1.41. The van der Waals surface area contributed by atoms with Gasteiger partial charge in [0.1, 0.15) is 4.32 Å². The highest BCUT2D eigenvalue weighted by atomic mass is 79.9. The van der Waals surface area contributed by atoms with Gasteiger partial charge in [-0.15, -0.1) is 0 Å². The average molecular weight is 179 g/mol. The van der Waals surface area contributed by atoms with Crippen molar-refractivity contribution in [1.29, 1.82) is 0 Å². The minimum atomic E-state index is -0.290. The number of alkyl halides is 1. The molecule has 0 aromatic carbocycles. The van der Waals surface area contributed by atoms with E-state index in [2.05, 4.69) is 20.7 Å². The molecule has 0 heterocycles. The van der Waals surface area contributed by atoms with Crippen molar-refractivity contribution in [1.82, 2.24) is 0 Å². The molecule has 1 aliphatic carbocycles. The maximum Gasteiger partial charge on any atom is 0.322 e. The summed E-state index contributed by atoms with van der Waals surface area (Å²) < 4.78 is 4.20. The molecule has 46 valence electrons. The Labute approximate surface area is 56.3 Å². The van der Waals surface area contributed by atoms with E-state index in [4.69, 9.17) is 0 Å². The van der Waals surface area contributed by atoms with Gasteiger partial charge in [-0.3, -0.25) is 4.79 Å². The number of hydrogen-bond donors (Lipinski definition) is 0. The Bertz CT molecular complexity index is 118. The summed E-state index contributed by atoms with van der Waals surface area (Å²) in [6, 6.07) is 0. The fourth-order valence-corrected chi connectivity index (χ4v) is 0.857. The maximum atomic E-state index is 10.6. The highest BCUT2D eigenvalue weighted by Gasteiger charge is 2.48. The molecule has 0 aromatic heterocycles. The van der Waals surface area contributed by atoms with Crippen LogP contribution in [0.4, 0.5) is 0 Å². The summed E-state index contributed by atoms with van der Waals surface area (Å²) in [5.74, 6) is -0.141. The first-order valence-electron chi connectivity index (χ1n) is 2.46. The van der Waals surface area contributed by atoms with Crippen LogP contribution in [0.15, 0.2) is 0 Å². The number of rotatable bonds is 1. The lowest BCUT2D eigenvalue weighted by Crippen LogP contribution is -2.15. The molecule has 1 fully saturated rings. The average Bonchev–Trinajstić information content (AvgIpc) is 2.47. The van der Waals surface area contributed by atoms with Gasteiger partial charge in [0.25, 0.3) is 0 Å². The number of carbonyl (C=O) groups excluding carboxylic acids is 1. The maximum absolute atomic E-state index is 10.6. The fraction of sp³-hybridized carbons (Fsp3) is 0.800. The molecule has 0 unspecified atom stereocenters. The second kappa shape index (κ2) is 1.72. The number of esters is 1.